The van der Waals surface area contributed by atoms with Crippen LogP contribution in [0, 0.1) is 0 Å². The number of carbonyl (C=O) groups is 1. The van der Waals surface area contributed by atoms with Gasteiger partial charge in [0.2, 0.25) is 15.9 Å². The lowest BCUT2D eigenvalue weighted by Gasteiger charge is -2.15. The number of fused-ring (bicyclic) bond motifs is 1. The summed E-state index contributed by atoms with van der Waals surface area (Å²) in [5.41, 5.74) is 0.887. The van der Waals surface area contributed by atoms with Crippen molar-refractivity contribution in [1.82, 2.24) is 15.0 Å². The molecule has 0 fully saturated rings. The molecule has 0 radical (unpaired) electrons. The van der Waals surface area contributed by atoms with Gasteiger partial charge >= 0.3 is 0 Å². The van der Waals surface area contributed by atoms with Crippen LogP contribution in [0.2, 0.25) is 0 Å². The second-order valence-electron chi connectivity index (χ2n) is 5.93. The molecule has 0 aliphatic heterocycles. The first kappa shape index (κ1) is 18.0. The fraction of sp³-hybridized carbons (Fsp3) is 0.158. The van der Waals surface area contributed by atoms with E-state index in [9.17, 15) is 13.2 Å². The lowest BCUT2D eigenvalue weighted by molar-refractivity contribution is -0.122. The molecule has 3 aromatic rings. The highest BCUT2D eigenvalue weighted by Crippen LogP contribution is 2.19. The molecule has 134 valence electrons. The average Bonchev–Trinajstić information content (AvgIpc) is 2.66. The van der Waals surface area contributed by atoms with Crippen LogP contribution in [0.3, 0.4) is 0 Å². The summed E-state index contributed by atoms with van der Waals surface area (Å²) >= 11 is 0. The quantitative estimate of drug-likeness (QED) is 0.697. The number of pyridine rings is 1. The largest absolute Gasteiger partial charge is 0.351 e. The zero-order valence-electron chi connectivity index (χ0n) is 14.2. The van der Waals surface area contributed by atoms with Gasteiger partial charge < -0.3 is 5.32 Å². The Hall–Kier alpha value is -2.77. The number of nitrogens with one attached hydrogen (secondary N) is 2. The van der Waals surface area contributed by atoms with Crippen LogP contribution in [0.15, 0.2) is 71.9 Å². The Bertz CT molecular complexity index is 1020. The van der Waals surface area contributed by atoms with Gasteiger partial charge in [0, 0.05) is 18.9 Å². The maximum atomic E-state index is 12.6. The van der Waals surface area contributed by atoms with Crippen molar-refractivity contribution in [1.29, 1.82) is 0 Å². The predicted octanol–water partition coefficient (Wildman–Crippen LogP) is 2.22. The number of hydrogen-bond acceptors (Lipinski definition) is 4. The highest BCUT2D eigenvalue weighted by atomic mass is 32.2. The van der Waals surface area contributed by atoms with E-state index in [0.29, 0.717) is 6.54 Å². The highest BCUT2D eigenvalue weighted by Gasteiger charge is 2.22. The molecule has 2 aromatic carbocycles. The minimum absolute atomic E-state index is 0.130. The van der Waals surface area contributed by atoms with Crippen molar-refractivity contribution in [3.63, 3.8) is 0 Å². The van der Waals surface area contributed by atoms with Crippen molar-refractivity contribution in [2.45, 2.75) is 24.4 Å². The minimum Gasteiger partial charge on any atom is -0.351 e. The summed E-state index contributed by atoms with van der Waals surface area (Å²) in [5.74, 6) is -0.397. The molecular formula is C19H19N3O3S. The first-order chi connectivity index (χ1) is 12.5. The van der Waals surface area contributed by atoms with Gasteiger partial charge in [0.25, 0.3) is 0 Å². The highest BCUT2D eigenvalue weighted by molar-refractivity contribution is 7.89. The normalized spacial score (nSPS) is 12.7. The number of sulfonamides is 1. The topological polar surface area (TPSA) is 88.2 Å². The maximum absolute atomic E-state index is 12.6. The number of aromatic nitrogens is 1. The fourth-order valence-electron chi connectivity index (χ4n) is 2.53. The van der Waals surface area contributed by atoms with Gasteiger partial charge in [-0.15, -0.1) is 0 Å². The molecule has 0 spiro atoms. The van der Waals surface area contributed by atoms with E-state index in [4.69, 9.17) is 0 Å². The molecule has 3 rings (SSSR count). The Morgan fingerprint density at radius 1 is 1.04 bits per heavy atom. The first-order valence-electron chi connectivity index (χ1n) is 8.13. The standard InChI is InChI=1S/C19H19N3O3S/c1-14(19(23)21-13-15-8-10-20-11-9-15)22-26(24,25)18-7-6-16-4-2-3-5-17(16)12-18/h2-12,14,22H,13H2,1H3,(H,21,23)/t14-/m0/s1. The van der Waals surface area contributed by atoms with Crippen LogP contribution in [0.4, 0.5) is 0 Å². The number of benzene rings is 2. The molecule has 0 unspecified atom stereocenters. The molecule has 1 aromatic heterocycles. The second kappa shape index (κ2) is 7.63. The van der Waals surface area contributed by atoms with Gasteiger partial charge in [-0.1, -0.05) is 30.3 Å². The van der Waals surface area contributed by atoms with E-state index in [0.717, 1.165) is 16.3 Å². The molecule has 1 amide bonds. The maximum Gasteiger partial charge on any atom is 0.241 e. The molecular weight excluding hydrogens is 350 g/mol. The number of nitrogens with zero attached hydrogens (tertiary/aromatic N) is 1. The van der Waals surface area contributed by atoms with Crippen LogP contribution in [0.25, 0.3) is 10.8 Å². The lowest BCUT2D eigenvalue weighted by atomic mass is 10.1. The summed E-state index contributed by atoms with van der Waals surface area (Å²) in [7, 11) is -3.80. The summed E-state index contributed by atoms with van der Waals surface area (Å²) in [4.78, 5) is 16.2. The van der Waals surface area contributed by atoms with Crippen molar-refractivity contribution in [2.24, 2.45) is 0 Å². The Labute approximate surface area is 152 Å². The van der Waals surface area contributed by atoms with Gasteiger partial charge in [0.1, 0.15) is 0 Å². The molecule has 0 aliphatic rings. The summed E-state index contributed by atoms with van der Waals surface area (Å²) in [5, 5.41) is 4.49. The van der Waals surface area contributed by atoms with Crippen LogP contribution in [-0.4, -0.2) is 25.4 Å². The summed E-state index contributed by atoms with van der Waals surface area (Å²) < 4.78 is 27.6. The number of amides is 1. The number of hydrogen-bond donors (Lipinski definition) is 2. The van der Waals surface area contributed by atoms with E-state index < -0.39 is 22.0 Å². The monoisotopic (exact) mass is 369 g/mol. The van der Waals surface area contributed by atoms with Crippen molar-refractivity contribution in [3.05, 3.63) is 72.6 Å². The molecule has 0 aliphatic carbocycles. The molecule has 2 N–H and O–H groups in total. The zero-order valence-corrected chi connectivity index (χ0v) is 15.0. The summed E-state index contributed by atoms with van der Waals surface area (Å²) in [6.07, 6.45) is 3.26. The van der Waals surface area contributed by atoms with E-state index in [1.165, 1.54) is 13.0 Å². The van der Waals surface area contributed by atoms with Crippen molar-refractivity contribution in [2.75, 3.05) is 0 Å². The molecule has 7 heteroatoms. The Morgan fingerprint density at radius 3 is 2.46 bits per heavy atom. The second-order valence-corrected chi connectivity index (χ2v) is 7.64. The van der Waals surface area contributed by atoms with E-state index in [2.05, 4.69) is 15.0 Å². The van der Waals surface area contributed by atoms with Crippen LogP contribution >= 0.6 is 0 Å². The van der Waals surface area contributed by atoms with Crippen LogP contribution in [-0.2, 0) is 21.4 Å². The molecule has 1 heterocycles. The molecule has 1 atom stereocenters. The van der Waals surface area contributed by atoms with Crippen LogP contribution in [0.1, 0.15) is 12.5 Å². The molecule has 26 heavy (non-hydrogen) atoms. The fourth-order valence-corrected chi connectivity index (χ4v) is 3.77. The van der Waals surface area contributed by atoms with Gasteiger partial charge in [0.15, 0.2) is 0 Å². The van der Waals surface area contributed by atoms with Gasteiger partial charge in [-0.3, -0.25) is 9.78 Å². The van der Waals surface area contributed by atoms with Crippen molar-refractivity contribution >= 4 is 26.7 Å². The average molecular weight is 369 g/mol. The van der Waals surface area contributed by atoms with E-state index in [1.54, 1.807) is 36.7 Å². The Kier molecular flexibility index (Phi) is 5.29. The molecule has 6 nitrogen and oxygen atoms in total. The van der Waals surface area contributed by atoms with Gasteiger partial charge in [-0.25, -0.2) is 8.42 Å². The van der Waals surface area contributed by atoms with E-state index in [1.807, 2.05) is 24.3 Å². The third-order valence-electron chi connectivity index (χ3n) is 3.97. The van der Waals surface area contributed by atoms with E-state index >= 15 is 0 Å². The molecule has 0 bridgehead atoms. The van der Waals surface area contributed by atoms with Crippen molar-refractivity contribution in [3.8, 4) is 0 Å². The lowest BCUT2D eigenvalue weighted by Crippen LogP contribution is -2.44. The van der Waals surface area contributed by atoms with Gasteiger partial charge in [0.05, 0.1) is 10.9 Å². The first-order valence-corrected chi connectivity index (χ1v) is 9.62. The van der Waals surface area contributed by atoms with Gasteiger partial charge in [-0.05, 0) is 47.5 Å². The number of rotatable bonds is 6. The van der Waals surface area contributed by atoms with Crippen LogP contribution in [0.5, 0.6) is 0 Å². The SMILES string of the molecule is C[C@H](NS(=O)(=O)c1ccc2ccccc2c1)C(=O)NCc1ccncc1. The summed E-state index contributed by atoms with van der Waals surface area (Å²) in [6, 6.07) is 15.0. The number of carbonyl (C=O) groups excluding carboxylic acids is 1. The zero-order chi connectivity index (χ0) is 18.6. The van der Waals surface area contributed by atoms with Crippen molar-refractivity contribution < 1.29 is 13.2 Å². The molecule has 0 saturated heterocycles. The third kappa shape index (κ3) is 4.25. The summed E-state index contributed by atoms with van der Waals surface area (Å²) in [6.45, 7) is 1.82. The van der Waals surface area contributed by atoms with Gasteiger partial charge in [-0.2, -0.15) is 4.72 Å². The third-order valence-corrected chi connectivity index (χ3v) is 5.51. The Morgan fingerprint density at radius 2 is 1.73 bits per heavy atom. The smallest absolute Gasteiger partial charge is 0.241 e. The van der Waals surface area contributed by atoms with E-state index in [-0.39, 0.29) is 4.90 Å². The predicted molar refractivity (Wildman–Crippen MR) is 99.8 cm³/mol. The van der Waals surface area contributed by atoms with Crippen LogP contribution < -0.4 is 10.0 Å². The molecule has 0 saturated carbocycles. The Balaban J connectivity index is 1.68. The minimum atomic E-state index is -3.80.